The highest BCUT2D eigenvalue weighted by molar-refractivity contribution is 7.58. The number of amides is 4. The van der Waals surface area contributed by atoms with Crippen LogP contribution in [0.4, 0.5) is 0 Å². The summed E-state index contributed by atoms with van der Waals surface area (Å²) in [6, 6.07) is 7.07. The van der Waals surface area contributed by atoms with Gasteiger partial charge in [-0.05, 0) is 57.4 Å². The third-order valence-corrected chi connectivity index (χ3v) is 9.36. The van der Waals surface area contributed by atoms with E-state index < -0.39 is 55.3 Å². The molecule has 1 aromatic carbocycles. The summed E-state index contributed by atoms with van der Waals surface area (Å²) in [4.78, 5) is 76.1. The maximum absolute atomic E-state index is 13.4. The van der Waals surface area contributed by atoms with Gasteiger partial charge in [-0.25, -0.2) is 0 Å². The number of carbonyl (C=O) groups excluding carboxylic acids is 5. The second kappa shape index (κ2) is 15.8. The number of aldehydes is 1. The van der Waals surface area contributed by atoms with Crippen LogP contribution in [0.1, 0.15) is 72.3 Å². The van der Waals surface area contributed by atoms with E-state index in [0.717, 1.165) is 5.56 Å². The number of hydrogen-bond acceptors (Lipinski definition) is 6. The summed E-state index contributed by atoms with van der Waals surface area (Å²) in [5, 5.41) is 5.06. The fourth-order valence-electron chi connectivity index (χ4n) is 4.90. The second-order valence-corrected chi connectivity index (χ2v) is 13.8. The topological polar surface area (TPSA) is 153 Å². The third-order valence-electron chi connectivity index (χ3n) is 7.31. The van der Waals surface area contributed by atoms with Crippen LogP contribution in [0.2, 0.25) is 0 Å². The van der Waals surface area contributed by atoms with Crippen LogP contribution < -0.4 is 10.6 Å². The van der Waals surface area contributed by atoms with Crippen molar-refractivity contribution < 1.29 is 33.4 Å². The van der Waals surface area contributed by atoms with Gasteiger partial charge in [0.1, 0.15) is 24.2 Å². The van der Waals surface area contributed by atoms with Crippen LogP contribution in [0.5, 0.6) is 0 Å². The first kappa shape index (κ1) is 34.2. The predicted molar refractivity (Wildman–Crippen MR) is 156 cm³/mol. The van der Waals surface area contributed by atoms with Crippen LogP contribution >= 0.6 is 7.37 Å². The van der Waals surface area contributed by atoms with Gasteiger partial charge in [-0.3, -0.25) is 23.7 Å². The molecular formula is C29H45N4O7P. The Labute approximate surface area is 242 Å². The number of nitrogens with zero attached hydrogens (tertiary/aromatic N) is 2. The largest absolute Gasteiger partial charge is 0.343 e. The monoisotopic (exact) mass is 592 g/mol. The molecule has 228 valence electrons. The molecule has 41 heavy (non-hydrogen) atoms. The minimum Gasteiger partial charge on any atom is -0.343 e. The van der Waals surface area contributed by atoms with Gasteiger partial charge in [0, 0.05) is 19.9 Å². The van der Waals surface area contributed by atoms with Gasteiger partial charge in [0.2, 0.25) is 31.0 Å². The fraction of sp³-hybridized carbons (Fsp3) is 0.621. The van der Waals surface area contributed by atoms with Gasteiger partial charge < -0.3 is 30.1 Å². The zero-order chi connectivity index (χ0) is 30.7. The van der Waals surface area contributed by atoms with Crippen LogP contribution in [0.25, 0.3) is 0 Å². The van der Waals surface area contributed by atoms with Crippen molar-refractivity contribution in [1.29, 1.82) is 0 Å². The standard InChI is InChI=1S/C29H45N4O7P/c1-20(2)17-25(18-34)33(27(36)15-9-13-24-11-7-6-8-12-24)19-41(39,40)22(4)31-28(37)21(3)30-29(38)26-14-10-16-32(26)23(5)35/h6-8,11-12,18,20-22,25-26H,9-10,13-17,19H2,1-5H3,(H,30,38)(H,31,37)(H,39,40)/t21-,22?,25-,26-/m0/s1. The molecule has 0 spiro atoms. The Morgan fingerprint density at radius 2 is 1.78 bits per heavy atom. The molecule has 2 unspecified atom stereocenters. The molecule has 1 heterocycles. The minimum absolute atomic E-state index is 0.0586. The van der Waals surface area contributed by atoms with E-state index in [-0.39, 0.29) is 18.2 Å². The number of carbonyl (C=O) groups is 5. The van der Waals surface area contributed by atoms with Crippen molar-refractivity contribution in [2.45, 2.75) is 97.1 Å². The summed E-state index contributed by atoms with van der Waals surface area (Å²) in [5.74, 6) is -2.96. The Balaban J connectivity index is 2.05. The van der Waals surface area contributed by atoms with Gasteiger partial charge in [0.15, 0.2) is 0 Å². The summed E-state index contributed by atoms with van der Waals surface area (Å²) in [7, 11) is -4.22. The summed E-state index contributed by atoms with van der Waals surface area (Å²) in [6.07, 6.45) is 2.79. The number of nitrogens with one attached hydrogen (secondary N) is 2. The highest BCUT2D eigenvalue weighted by Crippen LogP contribution is 2.46. The first-order chi connectivity index (χ1) is 19.3. The number of rotatable bonds is 15. The summed E-state index contributed by atoms with van der Waals surface area (Å²) in [6.45, 7) is 8.45. The van der Waals surface area contributed by atoms with E-state index in [2.05, 4.69) is 10.6 Å². The normalized spacial score (nSPS) is 18.6. The lowest BCUT2D eigenvalue weighted by molar-refractivity contribution is -0.138. The van der Waals surface area contributed by atoms with E-state index in [9.17, 15) is 33.4 Å². The summed E-state index contributed by atoms with van der Waals surface area (Å²) in [5.41, 5.74) is 1.06. The number of hydrogen-bond donors (Lipinski definition) is 3. The average Bonchev–Trinajstić information content (AvgIpc) is 3.41. The molecule has 0 aliphatic carbocycles. The molecule has 11 nitrogen and oxygen atoms in total. The predicted octanol–water partition coefficient (Wildman–Crippen LogP) is 2.66. The first-order valence-electron chi connectivity index (χ1n) is 14.2. The van der Waals surface area contributed by atoms with Gasteiger partial charge in [-0.15, -0.1) is 0 Å². The van der Waals surface area contributed by atoms with E-state index in [4.69, 9.17) is 0 Å². The van der Waals surface area contributed by atoms with Crippen molar-refractivity contribution >= 4 is 37.3 Å². The quantitative estimate of drug-likeness (QED) is 0.209. The molecule has 1 aliphatic rings. The highest BCUT2D eigenvalue weighted by Gasteiger charge is 2.37. The molecule has 12 heteroatoms. The minimum atomic E-state index is -4.22. The van der Waals surface area contributed by atoms with Gasteiger partial charge in [0.25, 0.3) is 0 Å². The second-order valence-electron chi connectivity index (χ2n) is 11.2. The summed E-state index contributed by atoms with van der Waals surface area (Å²) >= 11 is 0. The Kier molecular flexibility index (Phi) is 13.2. The Morgan fingerprint density at radius 1 is 1.12 bits per heavy atom. The third kappa shape index (κ3) is 10.4. The molecule has 5 atom stereocenters. The van der Waals surface area contributed by atoms with E-state index in [1.54, 1.807) is 0 Å². The molecule has 0 aromatic heterocycles. The van der Waals surface area contributed by atoms with Crippen molar-refractivity contribution in [2.75, 3.05) is 12.8 Å². The van der Waals surface area contributed by atoms with Gasteiger partial charge in [-0.2, -0.15) is 0 Å². The Hall–Kier alpha value is -3.04. The van der Waals surface area contributed by atoms with Gasteiger partial charge in [0.05, 0.1) is 12.3 Å². The van der Waals surface area contributed by atoms with Crippen molar-refractivity contribution in [3.63, 3.8) is 0 Å². The molecule has 1 fully saturated rings. The first-order valence-corrected chi connectivity index (χ1v) is 16.2. The Morgan fingerprint density at radius 3 is 2.37 bits per heavy atom. The molecule has 1 aromatic rings. The molecular weight excluding hydrogens is 547 g/mol. The van der Waals surface area contributed by atoms with Crippen LogP contribution in [-0.2, 0) is 35.0 Å². The lowest BCUT2D eigenvalue weighted by Gasteiger charge is -2.33. The molecule has 2 rings (SSSR count). The smallest absolute Gasteiger partial charge is 0.243 e. The van der Waals surface area contributed by atoms with E-state index >= 15 is 0 Å². The number of likely N-dealkylation sites (tertiary alicyclic amines) is 1. The van der Waals surface area contributed by atoms with Crippen molar-refractivity contribution in [3.8, 4) is 0 Å². The van der Waals surface area contributed by atoms with Crippen LogP contribution in [-0.4, -0.2) is 81.3 Å². The van der Waals surface area contributed by atoms with E-state index in [1.165, 1.54) is 30.6 Å². The lowest BCUT2D eigenvalue weighted by atomic mass is 10.0. The van der Waals surface area contributed by atoms with Gasteiger partial charge in [-0.1, -0.05) is 44.2 Å². The molecule has 1 saturated heterocycles. The molecule has 4 amide bonds. The fourth-order valence-corrected chi connectivity index (χ4v) is 6.28. The molecule has 1 aliphatic heterocycles. The lowest BCUT2D eigenvalue weighted by Crippen LogP contribution is -2.53. The zero-order valence-electron chi connectivity index (χ0n) is 24.7. The summed E-state index contributed by atoms with van der Waals surface area (Å²) < 4.78 is 13.4. The maximum atomic E-state index is 13.4. The highest BCUT2D eigenvalue weighted by atomic mass is 31.2. The Bertz CT molecular complexity index is 1110. The maximum Gasteiger partial charge on any atom is 0.243 e. The average molecular weight is 593 g/mol. The van der Waals surface area contributed by atoms with Gasteiger partial charge >= 0.3 is 0 Å². The van der Waals surface area contributed by atoms with Crippen molar-refractivity contribution in [3.05, 3.63) is 35.9 Å². The van der Waals surface area contributed by atoms with E-state index in [1.807, 2.05) is 44.2 Å². The number of benzene rings is 1. The van der Waals surface area contributed by atoms with E-state index in [0.29, 0.717) is 44.9 Å². The molecule has 0 radical (unpaired) electrons. The molecule has 3 N–H and O–H groups in total. The van der Waals surface area contributed by atoms with Crippen LogP contribution in [0.15, 0.2) is 30.3 Å². The molecule has 0 bridgehead atoms. The SMILES string of the molecule is CC(=O)N1CCC[C@H]1C(=O)N[C@@H](C)C(=O)NC(C)P(=O)(O)CN(C(=O)CCCc1ccccc1)[C@H](C=O)CC(C)C. The van der Waals surface area contributed by atoms with Crippen molar-refractivity contribution in [1.82, 2.24) is 20.4 Å². The molecule has 0 saturated carbocycles. The number of aryl methyl sites for hydroxylation is 1. The van der Waals surface area contributed by atoms with Crippen molar-refractivity contribution in [2.24, 2.45) is 5.92 Å². The zero-order valence-corrected chi connectivity index (χ0v) is 25.6. The van der Waals surface area contributed by atoms with Crippen LogP contribution in [0.3, 0.4) is 0 Å². The van der Waals surface area contributed by atoms with Crippen LogP contribution in [0, 0.1) is 5.92 Å².